The lowest BCUT2D eigenvalue weighted by Gasteiger charge is -2.20. The summed E-state index contributed by atoms with van der Waals surface area (Å²) in [6.07, 6.45) is 0. The van der Waals surface area contributed by atoms with E-state index in [2.05, 4.69) is 10.6 Å². The summed E-state index contributed by atoms with van der Waals surface area (Å²) in [7, 11) is -3.88. The van der Waals surface area contributed by atoms with E-state index in [-0.39, 0.29) is 5.69 Å². The molecular weight excluding hydrogens is 311 g/mol. The van der Waals surface area contributed by atoms with Gasteiger partial charge in [0.2, 0.25) is 11.8 Å². The Balaban J connectivity index is 2.58. The van der Waals surface area contributed by atoms with Crippen molar-refractivity contribution in [3.63, 3.8) is 0 Å². The monoisotopic (exact) mass is 330 g/mol. The molecule has 0 fully saturated rings. The van der Waals surface area contributed by atoms with Gasteiger partial charge in [-0.15, -0.1) is 0 Å². The number of carbonyl (C=O) groups is 2. The Morgan fingerprint density at radius 2 is 1.55 bits per heavy atom. The molecule has 0 unspecified atom stereocenters. The second kappa shape index (κ2) is 6.87. The van der Waals surface area contributed by atoms with Gasteiger partial charge in [0, 0.05) is 11.2 Å². The van der Waals surface area contributed by atoms with Gasteiger partial charge < -0.3 is 10.6 Å². The van der Waals surface area contributed by atoms with Crippen LogP contribution in [0.2, 0.25) is 0 Å². The third kappa shape index (κ3) is 7.16. The molecule has 1 aromatic carbocycles. The van der Waals surface area contributed by atoms with Crippen molar-refractivity contribution >= 4 is 27.3 Å². The molecule has 0 aliphatic heterocycles. The predicted molar refractivity (Wildman–Crippen MR) is 81.6 cm³/mol. The maximum absolute atomic E-state index is 12.7. The number of anilines is 1. The van der Waals surface area contributed by atoms with Crippen molar-refractivity contribution in [2.24, 2.45) is 0 Å². The zero-order valence-corrected chi connectivity index (χ0v) is 13.5. The maximum atomic E-state index is 12.7. The Kier molecular flexibility index (Phi) is 5.65. The molecule has 0 heterocycles. The lowest BCUT2D eigenvalue weighted by Crippen LogP contribution is -2.44. The first kappa shape index (κ1) is 18.1. The molecule has 0 aromatic heterocycles. The van der Waals surface area contributed by atoms with Crippen molar-refractivity contribution in [3.05, 3.63) is 30.1 Å². The summed E-state index contributed by atoms with van der Waals surface area (Å²) >= 11 is 0. The van der Waals surface area contributed by atoms with Gasteiger partial charge in [0.25, 0.3) is 0 Å². The molecule has 2 amide bonds. The number of hydrogen-bond acceptors (Lipinski definition) is 4. The molecule has 0 bridgehead atoms. The summed E-state index contributed by atoms with van der Waals surface area (Å²) in [5.74, 6) is -3.50. The Morgan fingerprint density at radius 3 is 2.05 bits per heavy atom. The van der Waals surface area contributed by atoms with E-state index in [1.54, 1.807) is 20.8 Å². The summed E-state index contributed by atoms with van der Waals surface area (Å²) in [6.45, 7) is 5.16. The second-order valence-corrected chi connectivity index (χ2v) is 7.95. The number of amides is 2. The molecule has 8 heteroatoms. The number of halogens is 1. The van der Waals surface area contributed by atoms with Crippen molar-refractivity contribution in [2.45, 2.75) is 26.3 Å². The number of hydrogen-bond donors (Lipinski definition) is 2. The summed E-state index contributed by atoms with van der Waals surface area (Å²) in [5.41, 5.74) is -0.274. The van der Waals surface area contributed by atoms with Crippen LogP contribution in [0.3, 0.4) is 0 Å². The molecule has 6 nitrogen and oxygen atoms in total. The Morgan fingerprint density at radius 1 is 1.05 bits per heavy atom. The van der Waals surface area contributed by atoms with Crippen molar-refractivity contribution < 1.29 is 22.4 Å². The van der Waals surface area contributed by atoms with Crippen molar-refractivity contribution in [1.29, 1.82) is 0 Å². The number of nitrogens with one attached hydrogen (secondary N) is 2. The molecule has 0 atom stereocenters. The van der Waals surface area contributed by atoms with Crippen LogP contribution in [-0.2, 0) is 19.4 Å². The molecule has 0 aliphatic carbocycles. The molecule has 122 valence electrons. The smallest absolute Gasteiger partial charge is 0.239 e. The van der Waals surface area contributed by atoms with Gasteiger partial charge in [0.05, 0.1) is 0 Å². The topological polar surface area (TPSA) is 92.3 Å². The average Bonchev–Trinajstić information content (AvgIpc) is 2.27. The minimum atomic E-state index is -3.88. The largest absolute Gasteiger partial charge is 0.351 e. The van der Waals surface area contributed by atoms with Gasteiger partial charge in [-0.3, -0.25) is 9.59 Å². The minimum absolute atomic E-state index is 0.278. The summed E-state index contributed by atoms with van der Waals surface area (Å²) in [6, 6.07) is 4.90. The van der Waals surface area contributed by atoms with Crippen molar-refractivity contribution in [2.75, 3.05) is 16.8 Å². The molecule has 0 saturated carbocycles. The summed E-state index contributed by atoms with van der Waals surface area (Å²) in [4.78, 5) is 23.3. The van der Waals surface area contributed by atoms with E-state index in [0.717, 1.165) is 12.1 Å². The van der Waals surface area contributed by atoms with Crippen LogP contribution in [0.15, 0.2) is 24.3 Å². The van der Waals surface area contributed by atoms with E-state index in [4.69, 9.17) is 0 Å². The highest BCUT2D eigenvalue weighted by Gasteiger charge is 2.23. The first-order valence-corrected chi connectivity index (χ1v) is 8.36. The highest BCUT2D eigenvalue weighted by molar-refractivity contribution is 7.92. The van der Waals surface area contributed by atoms with Gasteiger partial charge in [-0.1, -0.05) is 0 Å². The van der Waals surface area contributed by atoms with Crippen LogP contribution in [0.5, 0.6) is 0 Å². The lowest BCUT2D eigenvalue weighted by molar-refractivity contribution is -0.120. The molecule has 0 spiro atoms. The molecule has 0 aliphatic rings. The zero-order valence-electron chi connectivity index (χ0n) is 12.6. The quantitative estimate of drug-likeness (QED) is 0.845. The molecule has 1 aromatic rings. The van der Waals surface area contributed by atoms with Gasteiger partial charge in [0.1, 0.15) is 17.3 Å². The standard InChI is InChI=1S/C14H19FN2O4S/c1-14(2,3)17-13(19)9-22(20,21)8-12(18)16-11-6-4-10(15)5-7-11/h4-7H,8-9H2,1-3H3,(H,16,18)(H,17,19). The third-order valence-corrected chi connectivity index (χ3v) is 3.75. The number of carbonyl (C=O) groups excluding carboxylic acids is 2. The fourth-order valence-electron chi connectivity index (χ4n) is 1.64. The number of benzene rings is 1. The summed E-state index contributed by atoms with van der Waals surface area (Å²) < 4.78 is 36.3. The van der Waals surface area contributed by atoms with Crippen LogP contribution >= 0.6 is 0 Å². The SMILES string of the molecule is CC(C)(C)NC(=O)CS(=O)(=O)CC(=O)Nc1ccc(F)cc1. The van der Waals surface area contributed by atoms with Crippen LogP contribution in [0.25, 0.3) is 0 Å². The van der Waals surface area contributed by atoms with E-state index in [1.807, 2.05) is 0 Å². The minimum Gasteiger partial charge on any atom is -0.351 e. The molecule has 0 saturated heterocycles. The van der Waals surface area contributed by atoms with E-state index in [9.17, 15) is 22.4 Å². The lowest BCUT2D eigenvalue weighted by atomic mass is 10.1. The number of rotatable bonds is 5. The van der Waals surface area contributed by atoms with Crippen LogP contribution in [0.1, 0.15) is 20.8 Å². The van der Waals surface area contributed by atoms with E-state index >= 15 is 0 Å². The molecular formula is C14H19FN2O4S. The fourth-order valence-corrected chi connectivity index (χ4v) is 2.68. The van der Waals surface area contributed by atoms with Gasteiger partial charge in [-0.2, -0.15) is 0 Å². The first-order valence-electron chi connectivity index (χ1n) is 6.54. The molecule has 1 rings (SSSR count). The number of sulfone groups is 1. The second-order valence-electron chi connectivity index (χ2n) is 5.89. The highest BCUT2D eigenvalue weighted by atomic mass is 32.2. The Labute approximate surface area is 129 Å². The van der Waals surface area contributed by atoms with Gasteiger partial charge in [-0.05, 0) is 45.0 Å². The zero-order chi connectivity index (χ0) is 17.0. The molecule has 22 heavy (non-hydrogen) atoms. The maximum Gasteiger partial charge on any atom is 0.239 e. The van der Waals surface area contributed by atoms with Crippen LogP contribution in [-0.4, -0.2) is 37.3 Å². The van der Waals surface area contributed by atoms with Crippen LogP contribution in [0.4, 0.5) is 10.1 Å². The van der Waals surface area contributed by atoms with Crippen molar-refractivity contribution in [3.8, 4) is 0 Å². The van der Waals surface area contributed by atoms with Gasteiger partial charge in [0.15, 0.2) is 9.84 Å². The predicted octanol–water partition coefficient (Wildman–Crippen LogP) is 1.09. The fraction of sp³-hybridized carbons (Fsp3) is 0.429. The normalized spacial score (nSPS) is 11.8. The highest BCUT2D eigenvalue weighted by Crippen LogP contribution is 2.08. The van der Waals surface area contributed by atoms with Gasteiger partial charge >= 0.3 is 0 Å². The Hall–Kier alpha value is -1.96. The van der Waals surface area contributed by atoms with E-state index in [0.29, 0.717) is 0 Å². The first-order chi connectivity index (χ1) is 9.97. The van der Waals surface area contributed by atoms with Crippen molar-refractivity contribution in [1.82, 2.24) is 5.32 Å². The van der Waals surface area contributed by atoms with Crippen LogP contribution in [0, 0.1) is 5.82 Å². The summed E-state index contributed by atoms with van der Waals surface area (Å²) in [5, 5.41) is 4.84. The molecule has 0 radical (unpaired) electrons. The van der Waals surface area contributed by atoms with E-state index < -0.39 is 44.5 Å². The third-order valence-electron chi connectivity index (χ3n) is 2.34. The Bertz CT molecular complexity index is 648. The van der Waals surface area contributed by atoms with Gasteiger partial charge in [-0.25, -0.2) is 12.8 Å². The molecule has 2 N–H and O–H groups in total. The average molecular weight is 330 g/mol. The van der Waals surface area contributed by atoms with E-state index in [1.165, 1.54) is 12.1 Å². The van der Waals surface area contributed by atoms with Crippen LogP contribution < -0.4 is 10.6 Å².